The zero-order chi connectivity index (χ0) is 12.1. The molecule has 16 heavy (non-hydrogen) atoms. The Balaban J connectivity index is 2.95. The maximum absolute atomic E-state index is 11.4. The second kappa shape index (κ2) is 5.51. The number of anilines is 1. The van der Waals surface area contributed by atoms with E-state index in [1.165, 1.54) is 6.92 Å². The van der Waals surface area contributed by atoms with Gasteiger partial charge in [-0.25, -0.2) is 0 Å². The Labute approximate surface area is 95.2 Å². The van der Waals surface area contributed by atoms with Crippen LogP contribution in [0.1, 0.15) is 19.4 Å². The van der Waals surface area contributed by atoms with Crippen molar-refractivity contribution in [3.63, 3.8) is 0 Å². The van der Waals surface area contributed by atoms with Gasteiger partial charge in [0, 0.05) is 0 Å². The molecule has 1 rings (SSSR count). The third kappa shape index (κ3) is 2.97. The third-order valence-electron chi connectivity index (χ3n) is 2.31. The molecule has 0 aromatic heterocycles. The zero-order valence-corrected chi connectivity index (χ0v) is 9.78. The fourth-order valence-electron chi connectivity index (χ4n) is 1.31. The number of nitrogens with one attached hydrogen (secondary N) is 1. The van der Waals surface area contributed by atoms with Crippen LogP contribution < -0.4 is 10.1 Å². The van der Waals surface area contributed by atoms with E-state index in [1.807, 2.05) is 19.1 Å². The van der Waals surface area contributed by atoms with E-state index in [4.69, 9.17) is 9.84 Å². The van der Waals surface area contributed by atoms with Gasteiger partial charge in [0.15, 0.2) is 0 Å². The first-order chi connectivity index (χ1) is 7.58. The molecule has 0 radical (unpaired) electrons. The Hall–Kier alpha value is -1.55. The molecular weight excluding hydrogens is 206 g/mol. The van der Waals surface area contributed by atoms with Crippen LogP contribution in [0.2, 0.25) is 0 Å². The van der Waals surface area contributed by atoms with Crippen molar-refractivity contribution in [3.8, 4) is 5.75 Å². The lowest BCUT2D eigenvalue weighted by molar-refractivity contribution is -0.123. The summed E-state index contributed by atoms with van der Waals surface area (Å²) >= 11 is 0. The van der Waals surface area contributed by atoms with E-state index in [0.29, 0.717) is 11.4 Å². The molecule has 0 saturated carbocycles. The number of aliphatic hydroxyl groups is 1. The van der Waals surface area contributed by atoms with Gasteiger partial charge in [-0.1, -0.05) is 13.0 Å². The van der Waals surface area contributed by atoms with E-state index >= 15 is 0 Å². The van der Waals surface area contributed by atoms with Crippen molar-refractivity contribution in [3.05, 3.63) is 23.8 Å². The Morgan fingerprint density at radius 1 is 1.56 bits per heavy atom. The van der Waals surface area contributed by atoms with E-state index in [2.05, 4.69) is 5.32 Å². The number of methoxy groups -OCH3 is 1. The molecular formula is C12H17NO3. The molecule has 4 nitrogen and oxygen atoms in total. The van der Waals surface area contributed by atoms with E-state index in [-0.39, 0.29) is 0 Å². The summed E-state index contributed by atoms with van der Waals surface area (Å²) in [4.78, 5) is 11.4. The molecule has 1 atom stereocenters. The SMILES string of the molecule is CCc1ccc(OC)c(NC(=O)C(C)O)c1. The van der Waals surface area contributed by atoms with Crippen LogP contribution in [0.3, 0.4) is 0 Å². The molecule has 0 aliphatic rings. The number of ether oxygens (including phenoxy) is 1. The maximum atomic E-state index is 11.4. The molecule has 0 fully saturated rings. The fourth-order valence-corrected chi connectivity index (χ4v) is 1.31. The van der Waals surface area contributed by atoms with Crippen LogP contribution in [-0.2, 0) is 11.2 Å². The number of carbonyl (C=O) groups is 1. The van der Waals surface area contributed by atoms with Crippen LogP contribution in [0.25, 0.3) is 0 Å². The topological polar surface area (TPSA) is 58.6 Å². The molecule has 0 heterocycles. The minimum absolute atomic E-state index is 0.438. The van der Waals surface area contributed by atoms with Crippen LogP contribution in [0, 0.1) is 0 Å². The second-order valence-electron chi connectivity index (χ2n) is 3.55. The second-order valence-corrected chi connectivity index (χ2v) is 3.55. The van der Waals surface area contributed by atoms with Crippen LogP contribution in [0.15, 0.2) is 18.2 Å². The quantitative estimate of drug-likeness (QED) is 0.814. The number of carbonyl (C=O) groups excluding carboxylic acids is 1. The minimum Gasteiger partial charge on any atom is -0.495 e. The minimum atomic E-state index is -1.03. The number of aryl methyl sites for hydroxylation is 1. The van der Waals surface area contributed by atoms with E-state index in [0.717, 1.165) is 12.0 Å². The van der Waals surface area contributed by atoms with Crippen molar-refractivity contribution in [2.45, 2.75) is 26.4 Å². The monoisotopic (exact) mass is 223 g/mol. The highest BCUT2D eigenvalue weighted by atomic mass is 16.5. The standard InChI is InChI=1S/C12H17NO3/c1-4-9-5-6-11(16-3)10(7-9)13-12(15)8(2)14/h5-8,14H,4H2,1-3H3,(H,13,15). The van der Waals surface area contributed by atoms with Gasteiger partial charge in [-0.2, -0.15) is 0 Å². The Bertz CT molecular complexity index is 375. The van der Waals surface area contributed by atoms with Crippen molar-refractivity contribution in [1.29, 1.82) is 0 Å². The summed E-state index contributed by atoms with van der Waals surface area (Å²) in [6, 6.07) is 5.59. The van der Waals surface area contributed by atoms with Crippen molar-refractivity contribution in [1.82, 2.24) is 0 Å². The van der Waals surface area contributed by atoms with Gasteiger partial charge in [0.2, 0.25) is 0 Å². The molecule has 0 spiro atoms. The largest absolute Gasteiger partial charge is 0.495 e. The molecule has 2 N–H and O–H groups in total. The summed E-state index contributed by atoms with van der Waals surface area (Å²) in [5.41, 5.74) is 1.69. The van der Waals surface area contributed by atoms with Gasteiger partial charge in [0.1, 0.15) is 11.9 Å². The highest BCUT2D eigenvalue weighted by molar-refractivity contribution is 5.95. The molecule has 1 amide bonds. The van der Waals surface area contributed by atoms with Crippen molar-refractivity contribution in [2.24, 2.45) is 0 Å². The number of benzene rings is 1. The average Bonchev–Trinajstić information content (AvgIpc) is 2.28. The van der Waals surface area contributed by atoms with Crippen molar-refractivity contribution >= 4 is 11.6 Å². The highest BCUT2D eigenvalue weighted by Crippen LogP contribution is 2.25. The first-order valence-electron chi connectivity index (χ1n) is 5.24. The van der Waals surface area contributed by atoms with Crippen LogP contribution >= 0.6 is 0 Å². The van der Waals surface area contributed by atoms with E-state index < -0.39 is 12.0 Å². The van der Waals surface area contributed by atoms with Gasteiger partial charge in [0.25, 0.3) is 5.91 Å². The Morgan fingerprint density at radius 2 is 2.25 bits per heavy atom. The number of aliphatic hydroxyl groups excluding tert-OH is 1. The summed E-state index contributed by atoms with van der Waals surface area (Å²) in [6.45, 7) is 3.45. The lowest BCUT2D eigenvalue weighted by atomic mass is 10.1. The van der Waals surface area contributed by atoms with Crippen LogP contribution in [0.5, 0.6) is 5.75 Å². The first-order valence-corrected chi connectivity index (χ1v) is 5.24. The molecule has 0 aliphatic heterocycles. The summed E-state index contributed by atoms with van der Waals surface area (Å²) in [6.07, 6.45) is -0.156. The zero-order valence-electron chi connectivity index (χ0n) is 9.78. The number of hydrogen-bond donors (Lipinski definition) is 2. The summed E-state index contributed by atoms with van der Waals surface area (Å²) < 4.78 is 5.13. The predicted molar refractivity (Wildman–Crippen MR) is 62.7 cm³/mol. The van der Waals surface area contributed by atoms with Crippen molar-refractivity contribution in [2.75, 3.05) is 12.4 Å². The normalized spacial score (nSPS) is 12.0. The molecule has 1 aromatic carbocycles. The van der Waals surface area contributed by atoms with Gasteiger partial charge in [-0.15, -0.1) is 0 Å². The summed E-state index contributed by atoms with van der Waals surface area (Å²) in [7, 11) is 1.54. The number of amides is 1. The van der Waals surface area contributed by atoms with Crippen LogP contribution in [-0.4, -0.2) is 24.2 Å². The fraction of sp³-hybridized carbons (Fsp3) is 0.417. The summed E-state index contributed by atoms with van der Waals surface area (Å²) in [5, 5.41) is 11.7. The molecule has 0 saturated heterocycles. The molecule has 0 aliphatic carbocycles. The predicted octanol–water partition coefficient (Wildman–Crippen LogP) is 1.58. The molecule has 4 heteroatoms. The van der Waals surface area contributed by atoms with Gasteiger partial charge < -0.3 is 15.2 Å². The number of rotatable bonds is 4. The number of hydrogen-bond acceptors (Lipinski definition) is 3. The van der Waals surface area contributed by atoms with E-state index in [1.54, 1.807) is 13.2 Å². The maximum Gasteiger partial charge on any atom is 0.253 e. The Morgan fingerprint density at radius 3 is 2.75 bits per heavy atom. The first kappa shape index (κ1) is 12.5. The lowest BCUT2D eigenvalue weighted by Gasteiger charge is -2.12. The summed E-state index contributed by atoms with van der Waals surface area (Å²) in [5.74, 6) is 0.151. The molecule has 1 unspecified atom stereocenters. The molecule has 1 aromatic rings. The Kier molecular flexibility index (Phi) is 4.31. The molecule has 0 bridgehead atoms. The van der Waals surface area contributed by atoms with Crippen LogP contribution in [0.4, 0.5) is 5.69 Å². The van der Waals surface area contributed by atoms with Gasteiger partial charge in [-0.05, 0) is 31.0 Å². The smallest absolute Gasteiger partial charge is 0.253 e. The van der Waals surface area contributed by atoms with Gasteiger partial charge >= 0.3 is 0 Å². The van der Waals surface area contributed by atoms with Crippen molar-refractivity contribution < 1.29 is 14.6 Å². The third-order valence-corrected chi connectivity index (χ3v) is 2.31. The lowest BCUT2D eigenvalue weighted by Crippen LogP contribution is -2.24. The van der Waals surface area contributed by atoms with Gasteiger partial charge in [0.05, 0.1) is 12.8 Å². The molecule has 88 valence electrons. The average molecular weight is 223 g/mol. The van der Waals surface area contributed by atoms with Gasteiger partial charge in [-0.3, -0.25) is 4.79 Å². The van der Waals surface area contributed by atoms with E-state index in [9.17, 15) is 4.79 Å². The highest BCUT2D eigenvalue weighted by Gasteiger charge is 2.12.